The smallest absolute Gasteiger partial charge is 0.251 e. The quantitative estimate of drug-likeness (QED) is 0.874. The van der Waals surface area contributed by atoms with Gasteiger partial charge in [-0.25, -0.2) is 4.39 Å². The summed E-state index contributed by atoms with van der Waals surface area (Å²) < 4.78 is 24.4. The lowest BCUT2D eigenvalue weighted by Crippen LogP contribution is -2.23. The molecule has 25 heavy (non-hydrogen) atoms. The number of benzene rings is 2. The first kappa shape index (κ1) is 17.6. The first-order valence-corrected chi connectivity index (χ1v) is 8.51. The zero-order valence-electron chi connectivity index (χ0n) is 14.0. The van der Waals surface area contributed by atoms with Gasteiger partial charge in [0.15, 0.2) is 0 Å². The van der Waals surface area contributed by atoms with E-state index in [9.17, 15) is 9.18 Å². The molecule has 4 nitrogen and oxygen atoms in total. The lowest BCUT2D eigenvalue weighted by Gasteiger charge is -2.22. The minimum absolute atomic E-state index is 0.255. The number of hydrogen-bond donors (Lipinski definition) is 1. The molecule has 1 heterocycles. The Balaban J connectivity index is 1.51. The second-order valence-corrected chi connectivity index (χ2v) is 6.14. The van der Waals surface area contributed by atoms with Crippen LogP contribution >= 0.6 is 0 Å². The highest BCUT2D eigenvalue weighted by Gasteiger charge is 2.14. The monoisotopic (exact) mass is 343 g/mol. The largest absolute Gasteiger partial charge is 0.381 e. The van der Waals surface area contributed by atoms with Gasteiger partial charge < -0.3 is 14.8 Å². The number of carbonyl (C=O) groups excluding carboxylic acids is 1. The van der Waals surface area contributed by atoms with Crippen LogP contribution in [0.25, 0.3) is 0 Å². The number of halogens is 1. The lowest BCUT2D eigenvalue weighted by atomic mass is 10.1. The summed E-state index contributed by atoms with van der Waals surface area (Å²) in [6, 6.07) is 13.6. The highest BCUT2D eigenvalue weighted by Crippen LogP contribution is 2.14. The van der Waals surface area contributed by atoms with Gasteiger partial charge in [0.05, 0.1) is 12.7 Å². The van der Waals surface area contributed by atoms with Crippen molar-refractivity contribution in [3.63, 3.8) is 0 Å². The number of carbonyl (C=O) groups is 1. The third-order valence-electron chi connectivity index (χ3n) is 4.19. The van der Waals surface area contributed by atoms with E-state index >= 15 is 0 Å². The van der Waals surface area contributed by atoms with Crippen LogP contribution < -0.4 is 5.32 Å². The predicted molar refractivity (Wildman–Crippen MR) is 92.6 cm³/mol. The Morgan fingerprint density at radius 1 is 1.12 bits per heavy atom. The number of hydrogen-bond acceptors (Lipinski definition) is 3. The maximum Gasteiger partial charge on any atom is 0.251 e. The van der Waals surface area contributed by atoms with Crippen LogP contribution in [0.15, 0.2) is 48.5 Å². The Labute approximate surface area is 147 Å². The van der Waals surface area contributed by atoms with Crippen molar-refractivity contribution in [2.75, 3.05) is 13.2 Å². The lowest BCUT2D eigenvalue weighted by molar-refractivity contribution is -0.0390. The Morgan fingerprint density at radius 2 is 1.88 bits per heavy atom. The van der Waals surface area contributed by atoms with Gasteiger partial charge in [-0.2, -0.15) is 0 Å². The minimum atomic E-state index is -0.417. The zero-order valence-corrected chi connectivity index (χ0v) is 14.0. The van der Waals surface area contributed by atoms with Gasteiger partial charge in [0.2, 0.25) is 0 Å². The maximum absolute atomic E-state index is 13.2. The molecule has 2 aromatic carbocycles. The Bertz CT molecular complexity index is 714. The Morgan fingerprint density at radius 3 is 2.68 bits per heavy atom. The summed E-state index contributed by atoms with van der Waals surface area (Å²) in [7, 11) is 0. The van der Waals surface area contributed by atoms with Gasteiger partial charge >= 0.3 is 0 Å². The van der Waals surface area contributed by atoms with Gasteiger partial charge in [0, 0.05) is 25.3 Å². The molecule has 0 aromatic heterocycles. The Hall–Kier alpha value is -2.24. The molecule has 1 N–H and O–H groups in total. The number of nitrogens with one attached hydrogen (secondary N) is 1. The van der Waals surface area contributed by atoms with E-state index < -0.39 is 5.82 Å². The van der Waals surface area contributed by atoms with Gasteiger partial charge in [0.25, 0.3) is 5.91 Å². The van der Waals surface area contributed by atoms with Crippen LogP contribution in [0.2, 0.25) is 0 Å². The van der Waals surface area contributed by atoms with Crippen molar-refractivity contribution in [3.05, 3.63) is 71.0 Å². The van der Waals surface area contributed by atoms with Gasteiger partial charge in [-0.3, -0.25) is 4.79 Å². The standard InChI is InChI=1S/C20H22FNO3/c21-18-6-2-5-17(12-18)20(23)22-13-15-3-1-4-16(11-15)14-25-19-7-9-24-10-8-19/h1-6,11-12,19H,7-10,13-14H2,(H,22,23). The highest BCUT2D eigenvalue weighted by atomic mass is 19.1. The summed E-state index contributed by atoms with van der Waals surface area (Å²) in [5, 5.41) is 2.81. The van der Waals surface area contributed by atoms with Gasteiger partial charge in [0.1, 0.15) is 5.82 Å². The van der Waals surface area contributed by atoms with Crippen molar-refractivity contribution in [1.82, 2.24) is 5.32 Å². The number of ether oxygens (including phenoxy) is 2. The molecular formula is C20H22FNO3. The maximum atomic E-state index is 13.2. The summed E-state index contributed by atoms with van der Waals surface area (Å²) in [5.41, 5.74) is 2.38. The molecule has 1 aliphatic heterocycles. The topological polar surface area (TPSA) is 47.6 Å². The third-order valence-corrected chi connectivity index (χ3v) is 4.19. The van der Waals surface area contributed by atoms with Crippen LogP contribution in [0.1, 0.15) is 34.3 Å². The molecule has 0 radical (unpaired) electrons. The van der Waals surface area contributed by atoms with Crippen molar-refractivity contribution < 1.29 is 18.7 Å². The number of rotatable bonds is 6. The van der Waals surface area contributed by atoms with E-state index in [0.29, 0.717) is 18.7 Å². The van der Waals surface area contributed by atoms with Crippen LogP contribution in [-0.2, 0) is 22.6 Å². The molecular weight excluding hydrogens is 321 g/mol. The van der Waals surface area contributed by atoms with Crippen molar-refractivity contribution >= 4 is 5.91 Å². The molecule has 0 saturated carbocycles. The first-order chi connectivity index (χ1) is 12.2. The predicted octanol–water partition coefficient (Wildman–Crippen LogP) is 3.45. The molecule has 0 spiro atoms. The molecule has 0 unspecified atom stereocenters. The number of amides is 1. The molecule has 132 valence electrons. The molecule has 3 rings (SSSR count). The van der Waals surface area contributed by atoms with Gasteiger partial charge in [-0.05, 0) is 42.2 Å². The van der Waals surface area contributed by atoms with Crippen LogP contribution in [0.4, 0.5) is 4.39 Å². The van der Waals surface area contributed by atoms with Crippen molar-refractivity contribution in [3.8, 4) is 0 Å². The fourth-order valence-corrected chi connectivity index (χ4v) is 2.80. The fraction of sp³-hybridized carbons (Fsp3) is 0.350. The van der Waals surface area contributed by atoms with Gasteiger partial charge in [-0.1, -0.05) is 30.3 Å². The second-order valence-electron chi connectivity index (χ2n) is 6.14. The van der Waals surface area contributed by atoms with E-state index in [1.807, 2.05) is 24.3 Å². The van der Waals surface area contributed by atoms with E-state index in [2.05, 4.69) is 5.32 Å². The summed E-state index contributed by atoms with van der Waals surface area (Å²) in [6.07, 6.45) is 2.12. The van der Waals surface area contributed by atoms with Crippen molar-refractivity contribution in [2.45, 2.75) is 32.1 Å². The van der Waals surface area contributed by atoms with Crippen LogP contribution in [0.5, 0.6) is 0 Å². The molecule has 2 aromatic rings. The molecule has 1 aliphatic rings. The average molecular weight is 343 g/mol. The summed E-state index contributed by atoms with van der Waals surface area (Å²) >= 11 is 0. The molecule has 5 heteroatoms. The van der Waals surface area contributed by atoms with Crippen molar-refractivity contribution in [2.24, 2.45) is 0 Å². The first-order valence-electron chi connectivity index (χ1n) is 8.51. The molecule has 0 atom stereocenters. The summed E-state index contributed by atoms with van der Waals surface area (Å²) in [5.74, 6) is -0.705. The minimum Gasteiger partial charge on any atom is -0.381 e. The van der Waals surface area contributed by atoms with Crippen LogP contribution in [0.3, 0.4) is 0 Å². The average Bonchev–Trinajstić information content (AvgIpc) is 2.66. The van der Waals surface area contributed by atoms with Crippen LogP contribution in [-0.4, -0.2) is 25.2 Å². The van der Waals surface area contributed by atoms with E-state index in [4.69, 9.17) is 9.47 Å². The zero-order chi connectivity index (χ0) is 17.5. The van der Waals surface area contributed by atoms with E-state index in [1.54, 1.807) is 6.07 Å². The third kappa shape index (κ3) is 5.37. The van der Waals surface area contributed by atoms with Gasteiger partial charge in [-0.15, -0.1) is 0 Å². The van der Waals surface area contributed by atoms with E-state index in [-0.39, 0.29) is 12.0 Å². The second kappa shape index (κ2) is 8.74. The fourth-order valence-electron chi connectivity index (χ4n) is 2.80. The van der Waals surface area contributed by atoms with Crippen molar-refractivity contribution in [1.29, 1.82) is 0 Å². The molecule has 0 bridgehead atoms. The van der Waals surface area contributed by atoms with Crippen LogP contribution in [0, 0.1) is 5.82 Å². The van der Waals surface area contributed by atoms with E-state index in [1.165, 1.54) is 18.2 Å². The normalized spacial score (nSPS) is 15.1. The molecule has 0 aliphatic carbocycles. The molecule has 1 saturated heterocycles. The molecule has 1 amide bonds. The summed E-state index contributed by atoms with van der Waals surface area (Å²) in [4.78, 5) is 12.1. The highest BCUT2D eigenvalue weighted by molar-refractivity contribution is 5.94. The SMILES string of the molecule is O=C(NCc1cccc(COC2CCOCC2)c1)c1cccc(F)c1. The molecule has 1 fully saturated rings. The van der Waals surface area contributed by atoms with E-state index in [0.717, 1.165) is 37.2 Å². The Kier molecular flexibility index (Phi) is 6.14. The summed E-state index contributed by atoms with van der Waals surface area (Å²) in [6.45, 7) is 2.46.